The zero-order valence-electron chi connectivity index (χ0n) is 21.5. The quantitative estimate of drug-likeness (QED) is 0.415. The molecule has 0 aliphatic carbocycles. The molecule has 4 rings (SSSR count). The van der Waals surface area contributed by atoms with E-state index >= 15 is 0 Å². The van der Waals surface area contributed by atoms with Crippen molar-refractivity contribution in [2.24, 2.45) is 0 Å². The van der Waals surface area contributed by atoms with Gasteiger partial charge in [0, 0.05) is 51.9 Å². The number of aromatic nitrogens is 1. The van der Waals surface area contributed by atoms with Crippen molar-refractivity contribution in [2.45, 2.75) is 38.7 Å². The van der Waals surface area contributed by atoms with Crippen molar-refractivity contribution < 1.29 is 18.3 Å². The van der Waals surface area contributed by atoms with Gasteiger partial charge < -0.3 is 9.84 Å². The maximum Gasteiger partial charge on any atom is 0.241 e. The molecule has 2 heterocycles. The predicted octanol–water partition coefficient (Wildman–Crippen LogP) is 2.87. The van der Waals surface area contributed by atoms with Crippen molar-refractivity contribution in [3.63, 3.8) is 0 Å². The van der Waals surface area contributed by atoms with Gasteiger partial charge in [0.15, 0.2) is 0 Å². The number of nitrogens with zero attached hydrogens (tertiary/aromatic N) is 3. The summed E-state index contributed by atoms with van der Waals surface area (Å²) in [7, 11) is -3.54. The average Bonchev–Trinajstić information content (AvgIpc) is 3.17. The number of fused-ring (bicyclic) bond motifs is 1. The van der Waals surface area contributed by atoms with Crippen molar-refractivity contribution in [3.05, 3.63) is 52.0 Å². The van der Waals surface area contributed by atoms with E-state index in [0.29, 0.717) is 24.5 Å². The molecule has 10 heteroatoms. The number of hydrogen-bond donors (Lipinski definition) is 2. The molecule has 1 unspecified atom stereocenters. The third kappa shape index (κ3) is 6.81. The summed E-state index contributed by atoms with van der Waals surface area (Å²) in [5, 5.41) is 11.5. The molecule has 0 radical (unpaired) electrons. The number of β-amino-alcohol motifs (C(OH)–C–C–N with tert-alkyl or cyclic N) is 1. The highest BCUT2D eigenvalue weighted by Gasteiger charge is 2.22. The molecule has 36 heavy (non-hydrogen) atoms. The monoisotopic (exact) mass is 532 g/mol. The van der Waals surface area contributed by atoms with Gasteiger partial charge in [-0.2, -0.15) is 0 Å². The zero-order chi connectivity index (χ0) is 25.9. The smallest absolute Gasteiger partial charge is 0.241 e. The van der Waals surface area contributed by atoms with Crippen LogP contribution in [-0.4, -0.2) is 86.8 Å². The molecule has 3 aromatic rings. The van der Waals surface area contributed by atoms with E-state index in [9.17, 15) is 13.5 Å². The Morgan fingerprint density at radius 2 is 1.72 bits per heavy atom. The summed E-state index contributed by atoms with van der Waals surface area (Å²) in [5.41, 5.74) is 3.53. The SMILES string of the molecule is Cc1cc(C)c(S(=O)(=O)NCCN2CCN(CC(O)COc3ccc4sc(C)nc4c3)CC2)c(C)c1. The average molecular weight is 533 g/mol. The molecule has 2 N–H and O–H groups in total. The van der Waals surface area contributed by atoms with Gasteiger partial charge in [0.05, 0.1) is 20.1 Å². The largest absolute Gasteiger partial charge is 0.491 e. The Morgan fingerprint density at radius 1 is 1.06 bits per heavy atom. The van der Waals surface area contributed by atoms with Crippen molar-refractivity contribution in [2.75, 3.05) is 52.4 Å². The van der Waals surface area contributed by atoms with Crippen LogP contribution in [0.15, 0.2) is 35.2 Å². The van der Waals surface area contributed by atoms with E-state index in [0.717, 1.165) is 63.8 Å². The van der Waals surface area contributed by atoms with Crippen molar-refractivity contribution in [1.82, 2.24) is 19.5 Å². The number of aryl methyl sites for hydroxylation is 4. The summed E-state index contributed by atoms with van der Waals surface area (Å²) in [6.07, 6.45) is -0.586. The van der Waals surface area contributed by atoms with Crippen LogP contribution in [0.1, 0.15) is 21.7 Å². The van der Waals surface area contributed by atoms with Crippen LogP contribution in [0.2, 0.25) is 0 Å². The maximum absolute atomic E-state index is 12.8. The van der Waals surface area contributed by atoms with Gasteiger partial charge in [-0.25, -0.2) is 18.1 Å². The Bertz CT molecular complexity index is 1280. The van der Waals surface area contributed by atoms with Crippen LogP contribution in [0.5, 0.6) is 5.75 Å². The van der Waals surface area contributed by atoms with Gasteiger partial charge in [-0.3, -0.25) is 9.80 Å². The Labute approximate surface area is 218 Å². The first-order chi connectivity index (χ1) is 17.1. The summed E-state index contributed by atoms with van der Waals surface area (Å²) in [6.45, 7) is 12.7. The van der Waals surface area contributed by atoms with Crippen LogP contribution >= 0.6 is 11.3 Å². The lowest BCUT2D eigenvalue weighted by Gasteiger charge is -2.35. The Balaban J connectivity index is 1.17. The van der Waals surface area contributed by atoms with Gasteiger partial charge >= 0.3 is 0 Å². The van der Waals surface area contributed by atoms with E-state index in [1.807, 2.05) is 58.0 Å². The number of piperazine rings is 1. The fraction of sp³-hybridized carbons (Fsp3) is 0.500. The third-order valence-corrected chi connectivity index (χ3v) is 9.15. The summed E-state index contributed by atoms with van der Waals surface area (Å²) < 4.78 is 35.4. The normalized spacial score (nSPS) is 16.5. The first kappa shape index (κ1) is 27.0. The summed E-state index contributed by atoms with van der Waals surface area (Å²) in [4.78, 5) is 9.35. The van der Waals surface area contributed by atoms with E-state index in [1.165, 1.54) is 0 Å². The van der Waals surface area contributed by atoms with Crippen LogP contribution in [0.25, 0.3) is 10.2 Å². The van der Waals surface area contributed by atoms with Crippen LogP contribution < -0.4 is 9.46 Å². The Kier molecular flexibility index (Phi) is 8.64. The highest BCUT2D eigenvalue weighted by molar-refractivity contribution is 7.89. The molecule has 1 aliphatic heterocycles. The lowest BCUT2D eigenvalue weighted by molar-refractivity contribution is 0.0465. The number of benzene rings is 2. The topological polar surface area (TPSA) is 95.0 Å². The predicted molar refractivity (Wildman–Crippen MR) is 145 cm³/mol. The number of ether oxygens (including phenoxy) is 1. The van der Waals surface area contributed by atoms with Gasteiger partial charge in [0.25, 0.3) is 0 Å². The number of aliphatic hydroxyl groups excluding tert-OH is 1. The number of sulfonamides is 1. The molecule has 2 aromatic carbocycles. The molecule has 196 valence electrons. The number of rotatable bonds is 10. The molecule has 0 saturated carbocycles. The number of nitrogens with one attached hydrogen (secondary N) is 1. The lowest BCUT2D eigenvalue weighted by atomic mass is 10.1. The summed E-state index contributed by atoms with van der Waals surface area (Å²) >= 11 is 1.65. The van der Waals surface area contributed by atoms with Gasteiger partial charge in [-0.05, 0) is 51.0 Å². The first-order valence-electron chi connectivity index (χ1n) is 12.3. The molecule has 0 amide bonds. The van der Waals surface area contributed by atoms with E-state index in [2.05, 4.69) is 19.5 Å². The van der Waals surface area contributed by atoms with E-state index in [1.54, 1.807) is 11.3 Å². The van der Waals surface area contributed by atoms with Crippen molar-refractivity contribution >= 4 is 31.6 Å². The van der Waals surface area contributed by atoms with Crippen LogP contribution in [0.3, 0.4) is 0 Å². The molecular weight excluding hydrogens is 496 g/mol. The highest BCUT2D eigenvalue weighted by atomic mass is 32.2. The van der Waals surface area contributed by atoms with E-state index < -0.39 is 16.1 Å². The number of thiazole rings is 1. The van der Waals surface area contributed by atoms with Crippen LogP contribution in [0, 0.1) is 27.7 Å². The van der Waals surface area contributed by atoms with Crippen molar-refractivity contribution in [1.29, 1.82) is 0 Å². The number of aliphatic hydroxyl groups is 1. The van der Waals surface area contributed by atoms with E-state index in [4.69, 9.17) is 4.74 Å². The van der Waals surface area contributed by atoms with Gasteiger partial charge in [-0.15, -0.1) is 11.3 Å². The molecule has 1 aliphatic rings. The number of hydrogen-bond acceptors (Lipinski definition) is 8. The molecular formula is C26H36N4O4S2. The molecule has 0 spiro atoms. The minimum atomic E-state index is -3.54. The Morgan fingerprint density at radius 3 is 2.42 bits per heavy atom. The third-order valence-electron chi connectivity index (χ3n) is 6.44. The molecule has 1 atom stereocenters. The van der Waals surface area contributed by atoms with Gasteiger partial charge in [0.1, 0.15) is 18.5 Å². The zero-order valence-corrected chi connectivity index (χ0v) is 23.1. The van der Waals surface area contributed by atoms with Crippen LogP contribution in [0.4, 0.5) is 0 Å². The van der Waals surface area contributed by atoms with Crippen molar-refractivity contribution in [3.8, 4) is 5.75 Å². The minimum absolute atomic E-state index is 0.231. The second-order valence-corrected chi connectivity index (χ2v) is 12.5. The molecule has 0 bridgehead atoms. The lowest BCUT2D eigenvalue weighted by Crippen LogP contribution is -2.50. The standard InChI is InChI=1S/C26H36N4O4S2/c1-18-13-19(2)26(20(3)14-18)36(32,33)27-7-8-29-9-11-30(12-10-29)16-22(31)17-34-23-5-6-25-24(15-23)28-21(4)35-25/h5-6,13-15,22,27,31H,7-12,16-17H2,1-4H3. The minimum Gasteiger partial charge on any atom is -0.491 e. The molecule has 1 fully saturated rings. The molecule has 8 nitrogen and oxygen atoms in total. The maximum atomic E-state index is 12.8. The highest BCUT2D eigenvalue weighted by Crippen LogP contribution is 2.25. The summed E-state index contributed by atoms with van der Waals surface area (Å²) in [5.74, 6) is 0.718. The fourth-order valence-corrected chi connectivity index (χ4v) is 7.13. The fourth-order valence-electron chi connectivity index (χ4n) is 4.85. The van der Waals surface area contributed by atoms with E-state index in [-0.39, 0.29) is 6.61 Å². The Hall–Kier alpha value is -2.08. The first-order valence-corrected chi connectivity index (χ1v) is 14.6. The molecule has 1 saturated heterocycles. The van der Waals surface area contributed by atoms with Gasteiger partial charge in [0.2, 0.25) is 10.0 Å². The summed E-state index contributed by atoms with van der Waals surface area (Å²) in [6, 6.07) is 9.65. The van der Waals surface area contributed by atoms with Gasteiger partial charge in [-0.1, -0.05) is 17.7 Å². The molecule has 1 aromatic heterocycles. The second-order valence-electron chi connectivity index (χ2n) is 9.60. The second kappa shape index (κ2) is 11.5. The van der Waals surface area contributed by atoms with Crippen LogP contribution in [-0.2, 0) is 10.0 Å².